The number of carboxylic acids is 1. The summed E-state index contributed by atoms with van der Waals surface area (Å²) in [6.45, 7) is 3.30. The first kappa shape index (κ1) is 18.4. The van der Waals surface area contributed by atoms with Gasteiger partial charge in [0, 0.05) is 24.6 Å². The topological polar surface area (TPSA) is 96.5 Å². The highest BCUT2D eigenvalue weighted by molar-refractivity contribution is 7.22. The van der Waals surface area contributed by atoms with Gasteiger partial charge in [0.15, 0.2) is 5.13 Å². The lowest BCUT2D eigenvalue weighted by molar-refractivity contribution is 0.0693. The second-order valence-electron chi connectivity index (χ2n) is 7.21. The van der Waals surface area contributed by atoms with E-state index in [9.17, 15) is 9.59 Å². The summed E-state index contributed by atoms with van der Waals surface area (Å²) < 4.78 is 0.929. The number of benzene rings is 2. The number of nitrogen functional groups attached to an aromatic ring is 1. The normalized spacial score (nSPS) is 17.0. The standard InChI is InChI=1S/C21H21N3O3S/c1-12-9-16(10-17-18(12)23-21(22)28-17)19(25)24-8-2-3-15(11-24)13-4-6-14(7-5-13)20(26)27/h4-7,9-10,15H,2-3,8,11H2,1H3,(H2,22,23)(H,26,27). The molecule has 1 amide bonds. The first-order valence-electron chi connectivity index (χ1n) is 9.21. The van der Waals surface area contributed by atoms with E-state index in [1.807, 2.05) is 36.1 Å². The van der Waals surface area contributed by atoms with Crippen LogP contribution in [0.3, 0.4) is 0 Å². The number of nitrogens with zero attached hydrogens (tertiary/aromatic N) is 2. The maximum absolute atomic E-state index is 13.1. The maximum atomic E-state index is 13.1. The molecule has 3 N–H and O–H groups in total. The van der Waals surface area contributed by atoms with Gasteiger partial charge in [-0.15, -0.1) is 0 Å². The van der Waals surface area contributed by atoms with Gasteiger partial charge in [0.1, 0.15) is 0 Å². The largest absolute Gasteiger partial charge is 0.478 e. The van der Waals surface area contributed by atoms with Gasteiger partial charge < -0.3 is 15.7 Å². The van der Waals surface area contributed by atoms with Crippen molar-refractivity contribution in [2.45, 2.75) is 25.7 Å². The number of piperidine rings is 1. The molecule has 4 rings (SSSR count). The molecule has 3 aromatic rings. The van der Waals surface area contributed by atoms with Crippen LogP contribution in [0.4, 0.5) is 5.13 Å². The molecule has 1 aliphatic heterocycles. The van der Waals surface area contributed by atoms with E-state index in [0.717, 1.165) is 40.7 Å². The van der Waals surface area contributed by atoms with Crippen LogP contribution in [-0.4, -0.2) is 40.0 Å². The maximum Gasteiger partial charge on any atom is 0.335 e. The number of hydrogen-bond donors (Lipinski definition) is 2. The molecular weight excluding hydrogens is 374 g/mol. The molecule has 0 aliphatic carbocycles. The summed E-state index contributed by atoms with van der Waals surface area (Å²) in [4.78, 5) is 30.4. The van der Waals surface area contributed by atoms with Gasteiger partial charge in [0.25, 0.3) is 5.91 Å². The molecule has 1 saturated heterocycles. The molecule has 1 atom stereocenters. The number of nitrogens with two attached hydrogens (primary N) is 1. The van der Waals surface area contributed by atoms with Crippen LogP contribution in [0.15, 0.2) is 36.4 Å². The number of rotatable bonds is 3. The number of aryl methyl sites for hydroxylation is 1. The zero-order valence-corrected chi connectivity index (χ0v) is 16.3. The number of carbonyl (C=O) groups excluding carboxylic acids is 1. The van der Waals surface area contributed by atoms with Crippen molar-refractivity contribution in [2.24, 2.45) is 0 Å². The van der Waals surface area contributed by atoms with E-state index in [4.69, 9.17) is 10.8 Å². The lowest BCUT2D eigenvalue weighted by Crippen LogP contribution is -2.39. The molecule has 144 valence electrons. The second kappa shape index (κ2) is 7.24. The Morgan fingerprint density at radius 3 is 2.68 bits per heavy atom. The number of fused-ring (bicyclic) bond motifs is 1. The van der Waals surface area contributed by atoms with E-state index in [2.05, 4.69) is 4.98 Å². The summed E-state index contributed by atoms with van der Waals surface area (Å²) in [5.74, 6) is -0.699. The number of hydrogen-bond acceptors (Lipinski definition) is 5. The van der Waals surface area contributed by atoms with Crippen molar-refractivity contribution in [3.05, 3.63) is 58.7 Å². The van der Waals surface area contributed by atoms with Gasteiger partial charge in [0.2, 0.25) is 0 Å². The third-order valence-corrected chi connectivity index (χ3v) is 6.12. The molecule has 2 heterocycles. The number of aromatic nitrogens is 1. The SMILES string of the molecule is Cc1cc(C(=O)N2CCCC(c3ccc(C(=O)O)cc3)C2)cc2sc(N)nc12. The van der Waals surface area contributed by atoms with Crippen LogP contribution < -0.4 is 5.73 Å². The highest BCUT2D eigenvalue weighted by atomic mass is 32.1. The van der Waals surface area contributed by atoms with Crippen molar-refractivity contribution < 1.29 is 14.7 Å². The van der Waals surface area contributed by atoms with Crippen molar-refractivity contribution in [3.8, 4) is 0 Å². The minimum absolute atomic E-state index is 0.0174. The van der Waals surface area contributed by atoms with Gasteiger partial charge in [-0.3, -0.25) is 4.79 Å². The molecular formula is C21H21N3O3S. The predicted molar refractivity (Wildman–Crippen MR) is 110 cm³/mol. The summed E-state index contributed by atoms with van der Waals surface area (Å²) in [5, 5.41) is 9.57. The molecule has 28 heavy (non-hydrogen) atoms. The zero-order chi connectivity index (χ0) is 19.8. The van der Waals surface area contributed by atoms with Gasteiger partial charge in [-0.1, -0.05) is 23.5 Å². The van der Waals surface area contributed by atoms with Crippen molar-refractivity contribution >= 4 is 38.6 Å². The number of carboxylic acid groups (broad SMARTS) is 1. The lowest BCUT2D eigenvalue weighted by Gasteiger charge is -2.33. The average molecular weight is 395 g/mol. The molecule has 0 saturated carbocycles. The van der Waals surface area contributed by atoms with Crippen LogP contribution in [-0.2, 0) is 0 Å². The van der Waals surface area contributed by atoms with Crippen LogP contribution in [0.5, 0.6) is 0 Å². The van der Waals surface area contributed by atoms with E-state index < -0.39 is 5.97 Å². The summed E-state index contributed by atoms with van der Waals surface area (Å²) in [6, 6.07) is 10.7. The molecule has 6 nitrogen and oxygen atoms in total. The molecule has 1 aliphatic rings. The molecule has 0 spiro atoms. The Hall–Kier alpha value is -2.93. The number of thiazole rings is 1. The van der Waals surface area contributed by atoms with Crippen LogP contribution in [0.1, 0.15) is 50.6 Å². The summed E-state index contributed by atoms with van der Waals surface area (Å²) in [5.41, 5.74) is 9.64. The first-order valence-corrected chi connectivity index (χ1v) is 10.0. The fourth-order valence-electron chi connectivity index (χ4n) is 3.85. The summed E-state index contributed by atoms with van der Waals surface area (Å²) in [6.07, 6.45) is 1.91. The van der Waals surface area contributed by atoms with Crippen LogP contribution in [0.2, 0.25) is 0 Å². The molecule has 1 unspecified atom stereocenters. The number of likely N-dealkylation sites (tertiary alicyclic amines) is 1. The quantitative estimate of drug-likeness (QED) is 0.701. The molecule has 1 fully saturated rings. The minimum atomic E-state index is -0.929. The van der Waals surface area contributed by atoms with Crippen molar-refractivity contribution in [1.29, 1.82) is 0 Å². The second-order valence-corrected chi connectivity index (χ2v) is 8.27. The van der Waals surface area contributed by atoms with Crippen LogP contribution in [0, 0.1) is 6.92 Å². The minimum Gasteiger partial charge on any atom is -0.478 e. The van der Waals surface area contributed by atoms with Crippen molar-refractivity contribution in [2.75, 3.05) is 18.8 Å². The number of aromatic carboxylic acids is 1. The molecule has 7 heteroatoms. The Bertz CT molecular complexity index is 1060. The van der Waals surface area contributed by atoms with Gasteiger partial charge in [-0.05, 0) is 55.2 Å². The average Bonchev–Trinajstić information content (AvgIpc) is 3.08. The summed E-state index contributed by atoms with van der Waals surface area (Å²) in [7, 11) is 0. The van der Waals surface area contributed by atoms with Crippen LogP contribution >= 0.6 is 11.3 Å². The van der Waals surface area contributed by atoms with E-state index in [1.54, 1.807) is 12.1 Å². The van der Waals surface area contributed by atoms with Crippen molar-refractivity contribution in [1.82, 2.24) is 9.88 Å². The third kappa shape index (κ3) is 3.45. The van der Waals surface area contributed by atoms with Crippen molar-refractivity contribution in [3.63, 3.8) is 0 Å². The zero-order valence-electron chi connectivity index (χ0n) is 15.5. The molecule has 1 aromatic heterocycles. The Labute approximate surface area is 166 Å². The fourth-order valence-corrected chi connectivity index (χ4v) is 4.70. The van der Waals surface area contributed by atoms with Gasteiger partial charge in [-0.25, -0.2) is 9.78 Å². The van der Waals surface area contributed by atoms with E-state index in [-0.39, 0.29) is 17.4 Å². The smallest absolute Gasteiger partial charge is 0.335 e. The van der Waals surface area contributed by atoms with Crippen LogP contribution in [0.25, 0.3) is 10.2 Å². The van der Waals surface area contributed by atoms with Gasteiger partial charge >= 0.3 is 5.97 Å². The Morgan fingerprint density at radius 2 is 1.96 bits per heavy atom. The third-order valence-electron chi connectivity index (χ3n) is 5.29. The molecule has 0 radical (unpaired) electrons. The highest BCUT2D eigenvalue weighted by Gasteiger charge is 2.26. The predicted octanol–water partition coefficient (Wildman–Crippen LogP) is 3.90. The number of anilines is 1. The Kier molecular flexibility index (Phi) is 4.77. The monoisotopic (exact) mass is 395 g/mol. The lowest BCUT2D eigenvalue weighted by atomic mass is 9.89. The van der Waals surface area contributed by atoms with E-state index in [1.165, 1.54) is 11.3 Å². The highest BCUT2D eigenvalue weighted by Crippen LogP contribution is 2.31. The number of carbonyl (C=O) groups is 2. The van der Waals surface area contributed by atoms with Gasteiger partial charge in [-0.2, -0.15) is 0 Å². The fraction of sp³-hybridized carbons (Fsp3) is 0.286. The van der Waals surface area contributed by atoms with E-state index in [0.29, 0.717) is 17.2 Å². The molecule has 2 aromatic carbocycles. The van der Waals surface area contributed by atoms with E-state index >= 15 is 0 Å². The Balaban J connectivity index is 1.55. The van der Waals surface area contributed by atoms with Gasteiger partial charge in [0.05, 0.1) is 15.8 Å². The first-order chi connectivity index (χ1) is 13.4. The Morgan fingerprint density at radius 1 is 1.21 bits per heavy atom. The number of amides is 1. The molecule has 0 bridgehead atoms. The summed E-state index contributed by atoms with van der Waals surface area (Å²) >= 11 is 1.39.